The first-order valence-corrected chi connectivity index (χ1v) is 6.42. The van der Waals surface area contributed by atoms with Gasteiger partial charge in [0.1, 0.15) is 11.6 Å². The molecule has 0 aromatic heterocycles. The van der Waals surface area contributed by atoms with Gasteiger partial charge in [-0.15, -0.1) is 0 Å². The van der Waals surface area contributed by atoms with Crippen molar-refractivity contribution in [2.75, 3.05) is 6.61 Å². The van der Waals surface area contributed by atoms with Gasteiger partial charge in [0.25, 0.3) is 0 Å². The molecule has 2 nitrogen and oxygen atoms in total. The van der Waals surface area contributed by atoms with Crippen LogP contribution < -0.4 is 10.5 Å². The van der Waals surface area contributed by atoms with Gasteiger partial charge in [-0.05, 0) is 37.1 Å². The standard InChI is InChI=1S/C16H18FNO/c1-2-19-13-8-9-15(17)14(11-13)16(18)10-12-6-4-3-5-7-12/h3-9,11,16H,2,10,18H2,1H3. The largest absolute Gasteiger partial charge is 0.494 e. The highest BCUT2D eigenvalue weighted by Gasteiger charge is 2.13. The van der Waals surface area contributed by atoms with Crippen molar-refractivity contribution in [3.63, 3.8) is 0 Å². The first kappa shape index (κ1) is 13.6. The lowest BCUT2D eigenvalue weighted by atomic mass is 9.99. The molecule has 2 aromatic rings. The monoisotopic (exact) mass is 259 g/mol. The third-order valence-corrected chi connectivity index (χ3v) is 2.98. The van der Waals surface area contributed by atoms with Crippen LogP contribution in [0.5, 0.6) is 5.75 Å². The van der Waals surface area contributed by atoms with E-state index >= 15 is 0 Å². The lowest BCUT2D eigenvalue weighted by Crippen LogP contribution is -2.15. The Bertz CT molecular complexity index is 528. The molecule has 0 spiro atoms. The average molecular weight is 259 g/mol. The Morgan fingerprint density at radius 2 is 1.89 bits per heavy atom. The highest BCUT2D eigenvalue weighted by Crippen LogP contribution is 2.24. The van der Waals surface area contributed by atoms with Crippen LogP contribution in [-0.2, 0) is 6.42 Å². The van der Waals surface area contributed by atoms with Gasteiger partial charge in [0.05, 0.1) is 6.61 Å². The minimum absolute atomic E-state index is 0.285. The number of nitrogens with two attached hydrogens (primary N) is 1. The molecule has 19 heavy (non-hydrogen) atoms. The Morgan fingerprint density at radius 3 is 2.58 bits per heavy atom. The molecule has 2 aromatic carbocycles. The molecule has 2 rings (SSSR count). The summed E-state index contributed by atoms with van der Waals surface area (Å²) in [5.41, 5.74) is 7.69. The second kappa shape index (κ2) is 6.34. The van der Waals surface area contributed by atoms with Gasteiger partial charge in [-0.2, -0.15) is 0 Å². The van der Waals surface area contributed by atoms with Crippen molar-refractivity contribution < 1.29 is 9.13 Å². The van der Waals surface area contributed by atoms with E-state index in [0.717, 1.165) is 5.56 Å². The number of halogens is 1. The van der Waals surface area contributed by atoms with Crippen LogP contribution in [0.1, 0.15) is 24.1 Å². The molecule has 0 saturated carbocycles. The highest BCUT2D eigenvalue weighted by atomic mass is 19.1. The van der Waals surface area contributed by atoms with Gasteiger partial charge >= 0.3 is 0 Å². The van der Waals surface area contributed by atoms with Crippen LogP contribution in [0.4, 0.5) is 4.39 Å². The van der Waals surface area contributed by atoms with Gasteiger partial charge in [-0.25, -0.2) is 4.39 Å². The van der Waals surface area contributed by atoms with E-state index in [1.165, 1.54) is 6.07 Å². The number of hydrogen-bond acceptors (Lipinski definition) is 2. The van der Waals surface area contributed by atoms with Crippen molar-refractivity contribution in [3.05, 3.63) is 65.5 Å². The van der Waals surface area contributed by atoms with Gasteiger partial charge in [0.15, 0.2) is 0 Å². The second-order valence-corrected chi connectivity index (χ2v) is 4.41. The Morgan fingerprint density at radius 1 is 1.16 bits per heavy atom. The Balaban J connectivity index is 2.18. The van der Waals surface area contributed by atoms with Gasteiger partial charge in [-0.1, -0.05) is 30.3 Å². The van der Waals surface area contributed by atoms with Gasteiger partial charge in [-0.3, -0.25) is 0 Å². The van der Waals surface area contributed by atoms with Gasteiger partial charge < -0.3 is 10.5 Å². The number of benzene rings is 2. The quantitative estimate of drug-likeness (QED) is 0.892. The fourth-order valence-corrected chi connectivity index (χ4v) is 2.04. The Hall–Kier alpha value is -1.87. The summed E-state index contributed by atoms with van der Waals surface area (Å²) in [4.78, 5) is 0. The van der Waals surface area contributed by atoms with Crippen molar-refractivity contribution in [3.8, 4) is 5.75 Å². The van der Waals surface area contributed by atoms with E-state index in [1.807, 2.05) is 37.3 Å². The van der Waals surface area contributed by atoms with Crippen LogP contribution in [0, 0.1) is 5.82 Å². The highest BCUT2D eigenvalue weighted by molar-refractivity contribution is 5.33. The van der Waals surface area contributed by atoms with Crippen LogP contribution in [0.3, 0.4) is 0 Å². The maximum absolute atomic E-state index is 13.8. The van der Waals surface area contributed by atoms with E-state index in [-0.39, 0.29) is 11.9 Å². The van der Waals surface area contributed by atoms with Gasteiger partial charge in [0, 0.05) is 11.6 Å². The third-order valence-electron chi connectivity index (χ3n) is 2.98. The molecule has 0 aliphatic rings. The Kier molecular flexibility index (Phi) is 4.53. The summed E-state index contributed by atoms with van der Waals surface area (Å²) in [6.45, 7) is 2.45. The molecular formula is C16H18FNO. The molecule has 0 amide bonds. The summed E-state index contributed by atoms with van der Waals surface area (Å²) >= 11 is 0. The molecule has 100 valence electrons. The first-order chi connectivity index (χ1) is 9.20. The number of ether oxygens (including phenoxy) is 1. The molecule has 0 saturated heterocycles. The normalized spacial score (nSPS) is 12.2. The first-order valence-electron chi connectivity index (χ1n) is 6.42. The van der Waals surface area contributed by atoms with E-state index in [2.05, 4.69) is 0 Å². The summed E-state index contributed by atoms with van der Waals surface area (Å²) in [5.74, 6) is 0.370. The molecule has 3 heteroatoms. The van der Waals surface area contributed by atoms with E-state index in [4.69, 9.17) is 10.5 Å². The van der Waals surface area contributed by atoms with Crippen LogP contribution in [-0.4, -0.2) is 6.61 Å². The maximum Gasteiger partial charge on any atom is 0.128 e. The van der Waals surface area contributed by atoms with Crippen LogP contribution in [0.25, 0.3) is 0 Å². The second-order valence-electron chi connectivity index (χ2n) is 4.41. The fourth-order valence-electron chi connectivity index (χ4n) is 2.04. The molecular weight excluding hydrogens is 241 g/mol. The molecule has 1 unspecified atom stereocenters. The average Bonchev–Trinajstić information content (AvgIpc) is 2.42. The van der Waals surface area contributed by atoms with Crippen molar-refractivity contribution >= 4 is 0 Å². The molecule has 0 radical (unpaired) electrons. The topological polar surface area (TPSA) is 35.2 Å². The smallest absolute Gasteiger partial charge is 0.128 e. The number of rotatable bonds is 5. The summed E-state index contributed by atoms with van der Waals surface area (Å²) in [6.07, 6.45) is 0.605. The maximum atomic E-state index is 13.8. The fraction of sp³-hybridized carbons (Fsp3) is 0.250. The van der Waals surface area contributed by atoms with Crippen molar-refractivity contribution in [2.45, 2.75) is 19.4 Å². The predicted octanol–water partition coefficient (Wildman–Crippen LogP) is 3.47. The Labute approximate surface area is 113 Å². The minimum Gasteiger partial charge on any atom is -0.494 e. The predicted molar refractivity (Wildman–Crippen MR) is 74.6 cm³/mol. The van der Waals surface area contributed by atoms with E-state index in [0.29, 0.717) is 24.3 Å². The lowest BCUT2D eigenvalue weighted by molar-refractivity contribution is 0.338. The minimum atomic E-state index is -0.372. The molecule has 0 heterocycles. The SMILES string of the molecule is CCOc1ccc(F)c(C(N)Cc2ccccc2)c1. The zero-order valence-corrected chi connectivity index (χ0v) is 11.0. The van der Waals surface area contributed by atoms with Crippen LogP contribution >= 0.6 is 0 Å². The van der Waals surface area contributed by atoms with Crippen molar-refractivity contribution in [2.24, 2.45) is 5.73 Å². The summed E-state index contributed by atoms with van der Waals surface area (Å²) in [6, 6.07) is 14.2. The van der Waals surface area contributed by atoms with Crippen LogP contribution in [0.2, 0.25) is 0 Å². The molecule has 0 bridgehead atoms. The molecule has 0 aliphatic carbocycles. The molecule has 2 N–H and O–H groups in total. The zero-order chi connectivity index (χ0) is 13.7. The van der Waals surface area contributed by atoms with E-state index in [1.54, 1.807) is 12.1 Å². The molecule has 0 fully saturated rings. The van der Waals surface area contributed by atoms with E-state index in [9.17, 15) is 4.39 Å². The van der Waals surface area contributed by atoms with Gasteiger partial charge in [0.2, 0.25) is 0 Å². The van der Waals surface area contributed by atoms with Crippen molar-refractivity contribution in [1.29, 1.82) is 0 Å². The molecule has 1 atom stereocenters. The summed E-state index contributed by atoms with van der Waals surface area (Å²) < 4.78 is 19.2. The zero-order valence-electron chi connectivity index (χ0n) is 11.0. The van der Waals surface area contributed by atoms with E-state index < -0.39 is 0 Å². The number of hydrogen-bond donors (Lipinski definition) is 1. The van der Waals surface area contributed by atoms with Crippen molar-refractivity contribution in [1.82, 2.24) is 0 Å². The summed E-state index contributed by atoms with van der Waals surface area (Å²) in [7, 11) is 0. The summed E-state index contributed by atoms with van der Waals surface area (Å²) in [5, 5.41) is 0. The molecule has 0 aliphatic heterocycles. The lowest BCUT2D eigenvalue weighted by Gasteiger charge is -2.14. The van der Waals surface area contributed by atoms with Crippen LogP contribution in [0.15, 0.2) is 48.5 Å². The third kappa shape index (κ3) is 3.55.